The van der Waals surface area contributed by atoms with Gasteiger partial charge in [-0.15, -0.1) is 0 Å². The van der Waals surface area contributed by atoms with Crippen LogP contribution in [0, 0.1) is 11.8 Å². The smallest absolute Gasteiger partial charge is 0.244 e. The van der Waals surface area contributed by atoms with Crippen molar-refractivity contribution in [1.82, 2.24) is 15.1 Å². The summed E-state index contributed by atoms with van der Waals surface area (Å²) >= 11 is 0. The zero-order valence-electron chi connectivity index (χ0n) is 17.0. The predicted octanol–water partition coefficient (Wildman–Crippen LogP) is 0.890. The summed E-state index contributed by atoms with van der Waals surface area (Å²) in [7, 11) is 0. The molecule has 0 aromatic heterocycles. The second-order valence-electron chi connectivity index (χ2n) is 8.53. The molecular weight excluding hydrogens is 344 g/mol. The van der Waals surface area contributed by atoms with E-state index in [9.17, 15) is 14.4 Å². The van der Waals surface area contributed by atoms with E-state index in [1.54, 1.807) is 11.0 Å². The molecule has 0 bridgehead atoms. The maximum atomic E-state index is 13.3. The van der Waals surface area contributed by atoms with Gasteiger partial charge in [0.05, 0.1) is 6.04 Å². The molecule has 2 fully saturated rings. The summed E-state index contributed by atoms with van der Waals surface area (Å²) in [6.07, 6.45) is 5.56. The maximum Gasteiger partial charge on any atom is 0.244 e. The topological polar surface area (TPSA) is 95.7 Å². The fourth-order valence-electron chi connectivity index (χ4n) is 3.98. The fourth-order valence-corrected chi connectivity index (χ4v) is 3.98. The standard InChI is InChI=1S/C20H34N4O3/c1-13(2)6-5-9-23-12-15-11-22-19(26)17(10-14(3)4)24(15)20(27)16(23)7-8-18(21)25/h7-8,13-17H,5-6,9-12H2,1-4H3,(H2,21,25)(H,22,26)/t15-,16+,17+/m1/s1. The van der Waals surface area contributed by atoms with Crippen LogP contribution in [-0.2, 0) is 14.4 Å². The van der Waals surface area contributed by atoms with Crippen LogP contribution in [0.2, 0.25) is 0 Å². The molecule has 3 amide bonds. The minimum Gasteiger partial charge on any atom is -0.366 e. The molecule has 3 N–H and O–H groups in total. The highest BCUT2D eigenvalue weighted by molar-refractivity contribution is 5.94. The van der Waals surface area contributed by atoms with Crippen LogP contribution in [0.1, 0.15) is 47.0 Å². The number of nitrogens with zero attached hydrogens (tertiary/aromatic N) is 2. The van der Waals surface area contributed by atoms with Gasteiger partial charge in [0, 0.05) is 19.2 Å². The van der Waals surface area contributed by atoms with Crippen molar-refractivity contribution in [3.8, 4) is 0 Å². The van der Waals surface area contributed by atoms with Crippen molar-refractivity contribution in [1.29, 1.82) is 0 Å². The molecule has 2 aliphatic heterocycles. The Morgan fingerprint density at radius 3 is 2.56 bits per heavy atom. The van der Waals surface area contributed by atoms with Crippen LogP contribution < -0.4 is 11.1 Å². The van der Waals surface area contributed by atoms with Gasteiger partial charge in [-0.25, -0.2) is 0 Å². The van der Waals surface area contributed by atoms with E-state index >= 15 is 0 Å². The summed E-state index contributed by atoms with van der Waals surface area (Å²) in [5, 5.41) is 2.97. The van der Waals surface area contributed by atoms with Crippen LogP contribution in [0.3, 0.4) is 0 Å². The number of carbonyl (C=O) groups excluding carboxylic acids is 3. The molecule has 3 atom stereocenters. The molecule has 2 heterocycles. The highest BCUT2D eigenvalue weighted by Gasteiger charge is 2.46. The number of hydrogen-bond donors (Lipinski definition) is 2. The van der Waals surface area contributed by atoms with Crippen molar-refractivity contribution in [2.75, 3.05) is 19.6 Å². The molecule has 0 aromatic carbocycles. The van der Waals surface area contributed by atoms with E-state index in [0.29, 0.717) is 31.3 Å². The van der Waals surface area contributed by atoms with Crippen molar-refractivity contribution < 1.29 is 14.4 Å². The second kappa shape index (κ2) is 9.35. The average Bonchev–Trinajstić information content (AvgIpc) is 2.56. The van der Waals surface area contributed by atoms with Crippen LogP contribution in [0.25, 0.3) is 0 Å². The number of nitrogens with one attached hydrogen (secondary N) is 1. The molecule has 2 aliphatic rings. The van der Waals surface area contributed by atoms with Gasteiger partial charge in [0.25, 0.3) is 0 Å². The van der Waals surface area contributed by atoms with Crippen LogP contribution >= 0.6 is 0 Å². The zero-order valence-corrected chi connectivity index (χ0v) is 17.0. The van der Waals surface area contributed by atoms with Crippen molar-refractivity contribution in [3.05, 3.63) is 12.2 Å². The van der Waals surface area contributed by atoms with E-state index in [1.165, 1.54) is 6.08 Å². The van der Waals surface area contributed by atoms with Gasteiger partial charge in [-0.2, -0.15) is 0 Å². The van der Waals surface area contributed by atoms with Gasteiger partial charge in [-0.05, 0) is 37.6 Å². The third-order valence-electron chi connectivity index (χ3n) is 5.25. The van der Waals surface area contributed by atoms with Crippen molar-refractivity contribution in [2.45, 2.75) is 65.1 Å². The number of rotatable bonds is 8. The largest absolute Gasteiger partial charge is 0.366 e. The summed E-state index contributed by atoms with van der Waals surface area (Å²) in [6, 6.07) is -1.02. The van der Waals surface area contributed by atoms with Gasteiger partial charge < -0.3 is 16.0 Å². The first kappa shape index (κ1) is 21.4. The lowest BCUT2D eigenvalue weighted by atomic mass is 9.93. The summed E-state index contributed by atoms with van der Waals surface area (Å²) in [6.45, 7) is 10.4. The Hall–Kier alpha value is -1.89. The molecule has 0 unspecified atom stereocenters. The van der Waals surface area contributed by atoms with Gasteiger partial charge in [0.1, 0.15) is 12.1 Å². The van der Waals surface area contributed by atoms with Crippen LogP contribution in [-0.4, -0.2) is 65.3 Å². The van der Waals surface area contributed by atoms with Gasteiger partial charge >= 0.3 is 0 Å². The highest BCUT2D eigenvalue weighted by Crippen LogP contribution is 2.26. The minimum absolute atomic E-state index is 0.0313. The summed E-state index contributed by atoms with van der Waals surface area (Å²) in [4.78, 5) is 40.8. The fraction of sp³-hybridized carbons (Fsp3) is 0.750. The maximum absolute atomic E-state index is 13.3. The average molecular weight is 379 g/mol. The first-order valence-corrected chi connectivity index (χ1v) is 10.0. The molecule has 7 nitrogen and oxygen atoms in total. The van der Waals surface area contributed by atoms with Crippen molar-refractivity contribution in [2.24, 2.45) is 17.6 Å². The molecule has 0 aliphatic carbocycles. The van der Waals surface area contributed by atoms with Gasteiger partial charge in [0.2, 0.25) is 17.7 Å². The highest BCUT2D eigenvalue weighted by atomic mass is 16.2. The molecule has 0 spiro atoms. The second-order valence-corrected chi connectivity index (χ2v) is 8.53. The van der Waals surface area contributed by atoms with E-state index in [-0.39, 0.29) is 17.9 Å². The minimum atomic E-state index is -0.567. The lowest BCUT2D eigenvalue weighted by Crippen LogP contribution is -2.71. The van der Waals surface area contributed by atoms with Crippen LogP contribution in [0.4, 0.5) is 0 Å². The molecule has 27 heavy (non-hydrogen) atoms. The number of nitrogens with two attached hydrogens (primary N) is 1. The summed E-state index contributed by atoms with van der Waals surface area (Å²) in [5.74, 6) is 0.150. The summed E-state index contributed by atoms with van der Waals surface area (Å²) < 4.78 is 0. The number of carbonyl (C=O) groups is 3. The Morgan fingerprint density at radius 1 is 1.26 bits per heavy atom. The number of piperazine rings is 2. The van der Waals surface area contributed by atoms with E-state index in [2.05, 4.69) is 24.1 Å². The Morgan fingerprint density at radius 2 is 1.96 bits per heavy atom. The number of amides is 3. The normalized spacial score (nSPS) is 26.7. The van der Waals surface area contributed by atoms with Crippen molar-refractivity contribution >= 4 is 17.7 Å². The zero-order chi connectivity index (χ0) is 20.1. The van der Waals surface area contributed by atoms with E-state index in [4.69, 9.17) is 5.73 Å². The molecule has 0 saturated carbocycles. The Bertz CT molecular complexity index is 588. The Kier molecular flexibility index (Phi) is 7.41. The number of primary amides is 1. The van der Waals surface area contributed by atoms with Gasteiger partial charge in [-0.1, -0.05) is 33.8 Å². The van der Waals surface area contributed by atoms with Crippen molar-refractivity contribution in [3.63, 3.8) is 0 Å². The SMILES string of the molecule is CC(C)CCCN1C[C@H]2CNC(=O)[C@H](CC(C)C)N2C(=O)[C@@H]1C=CC(N)=O. The Balaban J connectivity index is 2.24. The molecule has 7 heteroatoms. The van der Waals surface area contributed by atoms with E-state index < -0.39 is 18.0 Å². The van der Waals surface area contributed by atoms with Crippen LogP contribution in [0.15, 0.2) is 12.2 Å². The number of fused-ring (bicyclic) bond motifs is 1. The molecule has 0 aromatic rings. The molecular formula is C20H34N4O3. The quantitative estimate of drug-likeness (QED) is 0.613. The Labute approximate surface area is 162 Å². The summed E-state index contributed by atoms with van der Waals surface area (Å²) in [5.41, 5.74) is 5.25. The first-order chi connectivity index (χ1) is 12.7. The van der Waals surface area contributed by atoms with E-state index in [1.807, 2.05) is 13.8 Å². The third kappa shape index (κ3) is 5.54. The van der Waals surface area contributed by atoms with Crippen LogP contribution in [0.5, 0.6) is 0 Å². The molecule has 2 saturated heterocycles. The van der Waals surface area contributed by atoms with E-state index in [0.717, 1.165) is 19.4 Å². The van der Waals surface area contributed by atoms with Gasteiger partial charge in [-0.3, -0.25) is 19.3 Å². The lowest BCUT2D eigenvalue weighted by Gasteiger charge is -2.50. The monoisotopic (exact) mass is 378 g/mol. The predicted molar refractivity (Wildman–Crippen MR) is 105 cm³/mol. The first-order valence-electron chi connectivity index (χ1n) is 10.0. The lowest BCUT2D eigenvalue weighted by molar-refractivity contribution is -0.156. The van der Waals surface area contributed by atoms with Gasteiger partial charge in [0.15, 0.2) is 0 Å². The third-order valence-corrected chi connectivity index (χ3v) is 5.25. The molecule has 0 radical (unpaired) electrons. The number of hydrogen-bond acceptors (Lipinski definition) is 4. The molecule has 152 valence electrons. The molecule has 2 rings (SSSR count).